The standard InChI is InChI=1S/C14H18N2O/c17-14(16-13-3-4-13)8-10-1-2-12-9-15-6-5-11(12)7-10/h1-2,7,13,15H,3-6,8-9H2,(H,16,17). The first kappa shape index (κ1) is 10.8. The molecule has 0 unspecified atom stereocenters. The molecule has 2 N–H and O–H groups in total. The summed E-state index contributed by atoms with van der Waals surface area (Å²) in [6.07, 6.45) is 3.91. The first-order valence-electron chi connectivity index (χ1n) is 6.42. The fourth-order valence-corrected chi connectivity index (χ4v) is 2.33. The molecule has 0 radical (unpaired) electrons. The van der Waals surface area contributed by atoms with Crippen LogP contribution in [-0.4, -0.2) is 18.5 Å². The third-order valence-electron chi connectivity index (χ3n) is 3.46. The maximum Gasteiger partial charge on any atom is 0.224 e. The lowest BCUT2D eigenvalue weighted by atomic mass is 9.97. The average molecular weight is 230 g/mol. The topological polar surface area (TPSA) is 41.1 Å². The molecule has 3 heteroatoms. The number of rotatable bonds is 3. The number of carbonyl (C=O) groups is 1. The van der Waals surface area contributed by atoms with Gasteiger partial charge in [-0.3, -0.25) is 4.79 Å². The normalized spacial score (nSPS) is 18.6. The molecule has 90 valence electrons. The van der Waals surface area contributed by atoms with Crippen LogP contribution in [0.2, 0.25) is 0 Å². The van der Waals surface area contributed by atoms with Crippen LogP contribution in [-0.2, 0) is 24.2 Å². The Bertz CT molecular complexity index is 438. The molecule has 2 aliphatic rings. The second-order valence-corrected chi connectivity index (χ2v) is 5.05. The van der Waals surface area contributed by atoms with Crippen molar-refractivity contribution in [3.8, 4) is 0 Å². The van der Waals surface area contributed by atoms with E-state index < -0.39 is 0 Å². The molecule has 1 amide bonds. The maximum atomic E-state index is 11.7. The van der Waals surface area contributed by atoms with Crippen LogP contribution in [0.4, 0.5) is 0 Å². The van der Waals surface area contributed by atoms with E-state index in [0.717, 1.165) is 37.9 Å². The molecule has 17 heavy (non-hydrogen) atoms. The Labute approximate surface area is 102 Å². The van der Waals surface area contributed by atoms with Gasteiger partial charge in [-0.2, -0.15) is 0 Å². The minimum absolute atomic E-state index is 0.168. The SMILES string of the molecule is O=C(Cc1ccc2c(c1)CCNC2)NC1CC1. The van der Waals surface area contributed by atoms with Gasteiger partial charge in [0, 0.05) is 12.6 Å². The molecule has 1 aliphatic carbocycles. The van der Waals surface area contributed by atoms with Crippen LogP contribution >= 0.6 is 0 Å². The molecule has 1 aliphatic heterocycles. The van der Waals surface area contributed by atoms with Gasteiger partial charge in [-0.25, -0.2) is 0 Å². The molecule has 0 aromatic heterocycles. The molecule has 0 atom stereocenters. The van der Waals surface area contributed by atoms with Gasteiger partial charge < -0.3 is 10.6 Å². The van der Waals surface area contributed by atoms with Gasteiger partial charge in [0.25, 0.3) is 0 Å². The second-order valence-electron chi connectivity index (χ2n) is 5.05. The molecule has 0 spiro atoms. The highest BCUT2D eigenvalue weighted by molar-refractivity contribution is 5.79. The third-order valence-corrected chi connectivity index (χ3v) is 3.46. The quantitative estimate of drug-likeness (QED) is 0.818. The summed E-state index contributed by atoms with van der Waals surface area (Å²) in [5.74, 6) is 0.168. The lowest BCUT2D eigenvalue weighted by molar-refractivity contribution is -0.120. The van der Waals surface area contributed by atoms with Crippen molar-refractivity contribution in [1.82, 2.24) is 10.6 Å². The number of nitrogens with one attached hydrogen (secondary N) is 2. The number of hydrogen-bond donors (Lipinski definition) is 2. The molecule has 1 fully saturated rings. The van der Waals surface area contributed by atoms with Crippen molar-refractivity contribution in [3.05, 3.63) is 34.9 Å². The van der Waals surface area contributed by atoms with Crippen LogP contribution in [0.3, 0.4) is 0 Å². The van der Waals surface area contributed by atoms with Crippen molar-refractivity contribution in [2.24, 2.45) is 0 Å². The fraction of sp³-hybridized carbons (Fsp3) is 0.500. The summed E-state index contributed by atoms with van der Waals surface area (Å²) in [6, 6.07) is 6.90. The van der Waals surface area contributed by atoms with Gasteiger partial charge in [0.1, 0.15) is 0 Å². The largest absolute Gasteiger partial charge is 0.353 e. The molecule has 1 aromatic carbocycles. The van der Waals surface area contributed by atoms with E-state index in [1.807, 2.05) is 0 Å². The molecule has 1 heterocycles. The summed E-state index contributed by atoms with van der Waals surface area (Å²) in [4.78, 5) is 11.7. The van der Waals surface area contributed by atoms with Crippen LogP contribution < -0.4 is 10.6 Å². The lowest BCUT2D eigenvalue weighted by Crippen LogP contribution is -2.27. The number of benzene rings is 1. The summed E-state index contributed by atoms with van der Waals surface area (Å²) in [5.41, 5.74) is 3.92. The number of fused-ring (bicyclic) bond motifs is 1. The van der Waals surface area contributed by atoms with E-state index in [-0.39, 0.29) is 5.91 Å². The Morgan fingerprint density at radius 3 is 3.06 bits per heavy atom. The van der Waals surface area contributed by atoms with Gasteiger partial charge >= 0.3 is 0 Å². The number of carbonyl (C=O) groups excluding carboxylic acids is 1. The highest BCUT2D eigenvalue weighted by atomic mass is 16.1. The smallest absolute Gasteiger partial charge is 0.224 e. The molecule has 0 saturated heterocycles. The minimum atomic E-state index is 0.168. The van der Waals surface area contributed by atoms with Gasteiger partial charge in [0.05, 0.1) is 6.42 Å². The molecule has 3 rings (SSSR count). The van der Waals surface area contributed by atoms with E-state index in [2.05, 4.69) is 28.8 Å². The average Bonchev–Trinajstić information content (AvgIpc) is 3.12. The zero-order valence-corrected chi connectivity index (χ0v) is 9.96. The summed E-state index contributed by atoms with van der Waals surface area (Å²) in [5, 5.41) is 6.39. The van der Waals surface area contributed by atoms with Crippen molar-refractivity contribution in [2.45, 2.75) is 38.3 Å². The second kappa shape index (κ2) is 4.49. The van der Waals surface area contributed by atoms with Crippen LogP contribution in [0, 0.1) is 0 Å². The molecule has 1 saturated carbocycles. The monoisotopic (exact) mass is 230 g/mol. The van der Waals surface area contributed by atoms with Gasteiger partial charge in [-0.05, 0) is 42.5 Å². The van der Waals surface area contributed by atoms with Crippen molar-refractivity contribution >= 4 is 5.91 Å². The first-order valence-corrected chi connectivity index (χ1v) is 6.42. The van der Waals surface area contributed by atoms with Gasteiger partial charge in [0.2, 0.25) is 5.91 Å². The van der Waals surface area contributed by atoms with Crippen molar-refractivity contribution in [3.63, 3.8) is 0 Å². The Morgan fingerprint density at radius 1 is 1.35 bits per heavy atom. The summed E-state index contributed by atoms with van der Waals surface area (Å²) in [7, 11) is 0. The number of amides is 1. The molecular formula is C14H18N2O. The van der Waals surface area contributed by atoms with E-state index in [4.69, 9.17) is 0 Å². The molecular weight excluding hydrogens is 212 g/mol. The van der Waals surface area contributed by atoms with Crippen LogP contribution in [0.1, 0.15) is 29.5 Å². The Balaban J connectivity index is 1.67. The first-order chi connectivity index (χ1) is 8.31. The minimum Gasteiger partial charge on any atom is -0.353 e. The Morgan fingerprint density at radius 2 is 2.24 bits per heavy atom. The van der Waals surface area contributed by atoms with Gasteiger partial charge in [0.15, 0.2) is 0 Å². The van der Waals surface area contributed by atoms with E-state index in [1.54, 1.807) is 0 Å². The van der Waals surface area contributed by atoms with Crippen molar-refractivity contribution < 1.29 is 4.79 Å². The molecule has 1 aromatic rings. The van der Waals surface area contributed by atoms with E-state index >= 15 is 0 Å². The predicted octanol–water partition coefficient (Wildman–Crippen LogP) is 1.15. The summed E-state index contributed by atoms with van der Waals surface area (Å²) in [6.45, 7) is 2.01. The van der Waals surface area contributed by atoms with Crippen LogP contribution in [0.5, 0.6) is 0 Å². The lowest BCUT2D eigenvalue weighted by Gasteiger charge is -2.17. The van der Waals surface area contributed by atoms with E-state index in [1.165, 1.54) is 11.1 Å². The van der Waals surface area contributed by atoms with E-state index in [9.17, 15) is 4.79 Å². The Kier molecular flexibility index (Phi) is 2.85. The molecule has 3 nitrogen and oxygen atoms in total. The van der Waals surface area contributed by atoms with E-state index in [0.29, 0.717) is 12.5 Å². The van der Waals surface area contributed by atoms with Crippen molar-refractivity contribution in [1.29, 1.82) is 0 Å². The van der Waals surface area contributed by atoms with Crippen LogP contribution in [0.25, 0.3) is 0 Å². The van der Waals surface area contributed by atoms with Crippen molar-refractivity contribution in [2.75, 3.05) is 6.54 Å². The summed E-state index contributed by atoms with van der Waals surface area (Å²) >= 11 is 0. The van der Waals surface area contributed by atoms with Gasteiger partial charge in [-0.15, -0.1) is 0 Å². The number of hydrogen-bond acceptors (Lipinski definition) is 2. The maximum absolute atomic E-state index is 11.7. The zero-order chi connectivity index (χ0) is 11.7. The van der Waals surface area contributed by atoms with Gasteiger partial charge in [-0.1, -0.05) is 18.2 Å². The van der Waals surface area contributed by atoms with Crippen LogP contribution in [0.15, 0.2) is 18.2 Å². The highest BCUT2D eigenvalue weighted by Crippen LogP contribution is 2.19. The molecule has 0 bridgehead atoms. The Hall–Kier alpha value is -1.35. The third kappa shape index (κ3) is 2.67. The predicted molar refractivity (Wildman–Crippen MR) is 66.7 cm³/mol. The zero-order valence-electron chi connectivity index (χ0n) is 9.96. The highest BCUT2D eigenvalue weighted by Gasteiger charge is 2.23. The summed E-state index contributed by atoms with van der Waals surface area (Å²) < 4.78 is 0. The fourth-order valence-electron chi connectivity index (χ4n) is 2.33.